The number of hydrogen-bond acceptors (Lipinski definition) is 5. The van der Waals surface area contributed by atoms with Crippen LogP contribution in [0.4, 0.5) is 0 Å². The SMILES string of the molecule is COC(=O)c1ccc(C(=O)OCC(=O)c2c[nH]c3ccccc23)cc1. The molecule has 1 heterocycles. The molecule has 0 bridgehead atoms. The zero-order valence-electron chi connectivity index (χ0n) is 13.4. The van der Waals surface area contributed by atoms with E-state index in [9.17, 15) is 14.4 Å². The number of methoxy groups -OCH3 is 1. The fourth-order valence-corrected chi connectivity index (χ4v) is 2.45. The molecule has 0 amide bonds. The molecule has 0 spiro atoms. The van der Waals surface area contributed by atoms with Crippen LogP contribution in [0, 0.1) is 0 Å². The molecule has 1 aromatic heterocycles. The standard InChI is InChI=1S/C19H15NO5/c1-24-18(22)12-6-8-13(9-7-12)19(23)25-11-17(21)15-10-20-16-5-3-2-4-14(15)16/h2-10,20H,11H2,1H3. The predicted molar refractivity (Wildman–Crippen MR) is 90.7 cm³/mol. The fraction of sp³-hybridized carbons (Fsp3) is 0.105. The van der Waals surface area contributed by atoms with Crippen molar-refractivity contribution < 1.29 is 23.9 Å². The van der Waals surface area contributed by atoms with Crippen LogP contribution in [0.2, 0.25) is 0 Å². The summed E-state index contributed by atoms with van der Waals surface area (Å²) in [5.41, 5.74) is 1.90. The quantitative estimate of drug-likeness (QED) is 0.571. The number of ketones is 1. The first-order chi connectivity index (χ1) is 12.1. The largest absolute Gasteiger partial charge is 0.465 e. The minimum Gasteiger partial charge on any atom is -0.465 e. The van der Waals surface area contributed by atoms with Gasteiger partial charge in [-0.15, -0.1) is 0 Å². The molecule has 6 nitrogen and oxygen atoms in total. The molecular formula is C19H15NO5. The van der Waals surface area contributed by atoms with Crippen LogP contribution in [0.3, 0.4) is 0 Å². The van der Waals surface area contributed by atoms with Gasteiger partial charge in [0, 0.05) is 22.7 Å². The number of nitrogens with one attached hydrogen (secondary N) is 1. The molecule has 1 N–H and O–H groups in total. The van der Waals surface area contributed by atoms with E-state index in [4.69, 9.17) is 4.74 Å². The lowest BCUT2D eigenvalue weighted by Crippen LogP contribution is -2.14. The maximum absolute atomic E-state index is 12.3. The maximum Gasteiger partial charge on any atom is 0.338 e. The van der Waals surface area contributed by atoms with Gasteiger partial charge in [0.1, 0.15) is 0 Å². The summed E-state index contributed by atoms with van der Waals surface area (Å²) < 4.78 is 9.66. The number of aromatic amines is 1. The van der Waals surface area contributed by atoms with Gasteiger partial charge in [-0.1, -0.05) is 18.2 Å². The summed E-state index contributed by atoms with van der Waals surface area (Å²) >= 11 is 0. The van der Waals surface area contributed by atoms with Gasteiger partial charge in [-0.3, -0.25) is 4.79 Å². The molecule has 0 aliphatic carbocycles. The number of esters is 2. The van der Waals surface area contributed by atoms with Gasteiger partial charge in [0.15, 0.2) is 6.61 Å². The number of carbonyl (C=O) groups excluding carboxylic acids is 3. The summed E-state index contributed by atoms with van der Waals surface area (Å²) in [7, 11) is 1.28. The highest BCUT2D eigenvalue weighted by molar-refractivity contribution is 6.09. The van der Waals surface area contributed by atoms with Crippen molar-refractivity contribution in [3.8, 4) is 0 Å². The first kappa shape index (κ1) is 16.4. The zero-order chi connectivity index (χ0) is 17.8. The first-order valence-corrected chi connectivity index (χ1v) is 7.55. The van der Waals surface area contributed by atoms with E-state index in [1.165, 1.54) is 31.4 Å². The number of H-pyrrole nitrogens is 1. The van der Waals surface area contributed by atoms with Gasteiger partial charge in [-0.2, -0.15) is 0 Å². The molecule has 0 atom stereocenters. The monoisotopic (exact) mass is 337 g/mol. The first-order valence-electron chi connectivity index (χ1n) is 7.55. The number of hydrogen-bond donors (Lipinski definition) is 1. The van der Waals surface area contributed by atoms with Crippen molar-refractivity contribution in [1.82, 2.24) is 4.98 Å². The van der Waals surface area contributed by atoms with E-state index in [0.29, 0.717) is 11.1 Å². The Morgan fingerprint density at radius 1 is 0.920 bits per heavy atom. The van der Waals surface area contributed by atoms with Gasteiger partial charge < -0.3 is 14.5 Å². The second-order valence-corrected chi connectivity index (χ2v) is 5.32. The Balaban J connectivity index is 1.65. The maximum atomic E-state index is 12.3. The highest BCUT2D eigenvalue weighted by Gasteiger charge is 2.15. The lowest BCUT2D eigenvalue weighted by molar-refractivity contribution is 0.0474. The smallest absolute Gasteiger partial charge is 0.338 e. The van der Waals surface area contributed by atoms with Crippen molar-refractivity contribution in [2.24, 2.45) is 0 Å². The highest BCUT2D eigenvalue weighted by Crippen LogP contribution is 2.18. The Kier molecular flexibility index (Phi) is 4.61. The molecule has 0 unspecified atom stereocenters. The van der Waals surface area contributed by atoms with Gasteiger partial charge in [-0.25, -0.2) is 9.59 Å². The number of fused-ring (bicyclic) bond motifs is 1. The molecule has 2 aromatic carbocycles. The van der Waals surface area contributed by atoms with Crippen LogP contribution in [0.15, 0.2) is 54.7 Å². The van der Waals surface area contributed by atoms with E-state index in [-0.39, 0.29) is 18.0 Å². The van der Waals surface area contributed by atoms with Crippen LogP contribution in [-0.2, 0) is 9.47 Å². The zero-order valence-corrected chi connectivity index (χ0v) is 13.4. The van der Waals surface area contributed by atoms with Crippen molar-refractivity contribution >= 4 is 28.6 Å². The van der Waals surface area contributed by atoms with Crippen molar-refractivity contribution in [3.05, 3.63) is 71.4 Å². The number of aromatic nitrogens is 1. The van der Waals surface area contributed by atoms with Gasteiger partial charge in [0.2, 0.25) is 5.78 Å². The van der Waals surface area contributed by atoms with Crippen molar-refractivity contribution in [2.45, 2.75) is 0 Å². The van der Waals surface area contributed by atoms with Crippen molar-refractivity contribution in [3.63, 3.8) is 0 Å². The number of ether oxygens (including phenoxy) is 2. The minimum absolute atomic E-state index is 0.249. The number of carbonyl (C=O) groups is 3. The Bertz CT molecular complexity index is 940. The van der Waals surface area contributed by atoms with Crippen molar-refractivity contribution in [1.29, 1.82) is 0 Å². The van der Waals surface area contributed by atoms with Crippen LogP contribution in [0.5, 0.6) is 0 Å². The Labute approximate surface area is 143 Å². The average Bonchev–Trinajstić information content (AvgIpc) is 3.09. The number of Topliss-reactive ketones (excluding diaryl/α,β-unsaturated/α-hetero) is 1. The van der Waals surface area contributed by atoms with Crippen LogP contribution in [0.25, 0.3) is 10.9 Å². The molecule has 0 saturated carbocycles. The van der Waals surface area contributed by atoms with Crippen LogP contribution >= 0.6 is 0 Å². The van der Waals surface area contributed by atoms with Crippen LogP contribution in [0.1, 0.15) is 31.1 Å². The van der Waals surface area contributed by atoms with E-state index >= 15 is 0 Å². The fourth-order valence-electron chi connectivity index (χ4n) is 2.45. The second kappa shape index (κ2) is 7.00. The molecule has 126 valence electrons. The van der Waals surface area contributed by atoms with Gasteiger partial charge in [0.05, 0.1) is 18.2 Å². The molecular weight excluding hydrogens is 322 g/mol. The van der Waals surface area contributed by atoms with Crippen LogP contribution < -0.4 is 0 Å². The summed E-state index contributed by atoms with van der Waals surface area (Å²) in [6, 6.07) is 13.2. The summed E-state index contributed by atoms with van der Waals surface area (Å²) in [6.07, 6.45) is 1.60. The van der Waals surface area contributed by atoms with E-state index in [1.54, 1.807) is 6.20 Å². The second-order valence-electron chi connectivity index (χ2n) is 5.32. The van der Waals surface area contributed by atoms with Gasteiger partial charge >= 0.3 is 11.9 Å². The van der Waals surface area contributed by atoms with E-state index in [0.717, 1.165) is 10.9 Å². The molecule has 0 aliphatic heterocycles. The van der Waals surface area contributed by atoms with E-state index < -0.39 is 11.9 Å². The molecule has 3 rings (SSSR count). The summed E-state index contributed by atoms with van der Waals surface area (Å²) in [5, 5.41) is 0.783. The number of rotatable bonds is 5. The molecule has 0 saturated heterocycles. The number of para-hydroxylation sites is 1. The van der Waals surface area contributed by atoms with Crippen molar-refractivity contribution in [2.75, 3.05) is 13.7 Å². The van der Waals surface area contributed by atoms with Crippen LogP contribution in [-0.4, -0.2) is 36.4 Å². The Hall–Kier alpha value is -3.41. The summed E-state index contributed by atoms with van der Waals surface area (Å²) in [5.74, 6) is -1.42. The third-order valence-electron chi connectivity index (χ3n) is 3.77. The van der Waals surface area contributed by atoms with Gasteiger partial charge in [0.25, 0.3) is 0 Å². The molecule has 25 heavy (non-hydrogen) atoms. The normalized spacial score (nSPS) is 10.4. The Morgan fingerprint density at radius 3 is 2.24 bits per heavy atom. The number of benzene rings is 2. The molecule has 6 heteroatoms. The molecule has 3 aromatic rings. The molecule has 0 aliphatic rings. The summed E-state index contributed by atoms with van der Waals surface area (Å²) in [6.45, 7) is -0.362. The highest BCUT2D eigenvalue weighted by atomic mass is 16.5. The molecule has 0 fully saturated rings. The lowest BCUT2D eigenvalue weighted by atomic mass is 10.1. The lowest BCUT2D eigenvalue weighted by Gasteiger charge is -2.05. The van der Waals surface area contributed by atoms with Gasteiger partial charge in [-0.05, 0) is 30.3 Å². The van der Waals surface area contributed by atoms with E-state index in [1.807, 2.05) is 24.3 Å². The third kappa shape index (κ3) is 3.42. The van der Waals surface area contributed by atoms with E-state index in [2.05, 4.69) is 9.72 Å². The minimum atomic E-state index is -0.635. The average molecular weight is 337 g/mol. The Morgan fingerprint density at radius 2 is 1.56 bits per heavy atom. The third-order valence-corrected chi connectivity index (χ3v) is 3.77. The predicted octanol–water partition coefficient (Wildman–Crippen LogP) is 2.99. The molecule has 0 radical (unpaired) electrons. The topological polar surface area (TPSA) is 85.5 Å². The summed E-state index contributed by atoms with van der Waals surface area (Å²) in [4.78, 5) is 38.7.